The summed E-state index contributed by atoms with van der Waals surface area (Å²) in [6.45, 7) is 0. The minimum atomic E-state index is -0.381. The van der Waals surface area contributed by atoms with Gasteiger partial charge in [0.15, 0.2) is 0 Å². The molecule has 0 aliphatic carbocycles. The molecule has 1 aromatic heterocycles. The summed E-state index contributed by atoms with van der Waals surface area (Å²) in [6.07, 6.45) is 0. The zero-order valence-electron chi connectivity index (χ0n) is 9.15. The average molecular weight is 374 g/mol. The minimum Gasteiger partial charge on any atom is -0.384 e. The van der Waals surface area contributed by atoms with E-state index in [1.54, 1.807) is 24.3 Å². The molecule has 0 saturated carbocycles. The number of nitrogen functional groups attached to an aromatic ring is 1. The number of aromatic nitrogens is 1. The van der Waals surface area contributed by atoms with Crippen molar-refractivity contribution in [3.8, 4) is 0 Å². The first-order valence-electron chi connectivity index (χ1n) is 5.05. The molecule has 2 rings (SSSR count). The van der Waals surface area contributed by atoms with Gasteiger partial charge >= 0.3 is 0 Å². The second-order valence-electron chi connectivity index (χ2n) is 3.53. The number of rotatable bonds is 2. The van der Waals surface area contributed by atoms with Gasteiger partial charge in [-0.2, -0.15) is 0 Å². The maximum Gasteiger partial charge on any atom is 0.275 e. The van der Waals surface area contributed by atoms with Crippen molar-refractivity contribution in [1.29, 1.82) is 0 Å². The van der Waals surface area contributed by atoms with Crippen LogP contribution >= 0.6 is 34.2 Å². The molecule has 0 spiro atoms. The van der Waals surface area contributed by atoms with Crippen LogP contribution in [-0.4, -0.2) is 10.9 Å². The lowest BCUT2D eigenvalue weighted by molar-refractivity contribution is 0.102. The highest BCUT2D eigenvalue weighted by atomic mass is 127. The van der Waals surface area contributed by atoms with Crippen LogP contribution in [0.15, 0.2) is 36.4 Å². The van der Waals surface area contributed by atoms with E-state index >= 15 is 0 Å². The molecule has 3 N–H and O–H groups in total. The summed E-state index contributed by atoms with van der Waals surface area (Å²) < 4.78 is 1.09. The van der Waals surface area contributed by atoms with Crippen molar-refractivity contribution in [3.63, 3.8) is 0 Å². The molecule has 0 atom stereocenters. The normalized spacial score (nSPS) is 10.1. The fourth-order valence-corrected chi connectivity index (χ4v) is 1.89. The third kappa shape index (κ3) is 3.11. The number of nitrogens with one attached hydrogen (secondary N) is 1. The van der Waals surface area contributed by atoms with Crippen LogP contribution in [0.1, 0.15) is 10.5 Å². The topological polar surface area (TPSA) is 68.0 Å². The van der Waals surface area contributed by atoms with Gasteiger partial charge in [-0.1, -0.05) is 11.6 Å². The maximum absolute atomic E-state index is 12.0. The van der Waals surface area contributed by atoms with Gasteiger partial charge < -0.3 is 11.1 Å². The Morgan fingerprint density at radius 1 is 1.22 bits per heavy atom. The number of amides is 1. The zero-order valence-corrected chi connectivity index (χ0v) is 12.1. The first-order valence-corrected chi connectivity index (χ1v) is 6.51. The Hall–Kier alpha value is -1.34. The predicted molar refractivity (Wildman–Crippen MR) is 80.8 cm³/mol. The van der Waals surface area contributed by atoms with E-state index in [2.05, 4.69) is 32.9 Å². The Kier molecular flexibility index (Phi) is 4.03. The van der Waals surface area contributed by atoms with Gasteiger partial charge in [0.2, 0.25) is 0 Å². The Balaban J connectivity index is 2.21. The highest BCUT2D eigenvalue weighted by Gasteiger charge is 2.12. The maximum atomic E-state index is 12.0. The van der Waals surface area contributed by atoms with Crippen LogP contribution < -0.4 is 11.1 Å². The molecular weight excluding hydrogens is 365 g/mol. The molecule has 0 radical (unpaired) electrons. The number of nitrogens with two attached hydrogens (primary N) is 1. The highest BCUT2D eigenvalue weighted by molar-refractivity contribution is 14.1. The largest absolute Gasteiger partial charge is 0.384 e. The van der Waals surface area contributed by atoms with Crippen molar-refractivity contribution < 1.29 is 4.79 Å². The van der Waals surface area contributed by atoms with Gasteiger partial charge in [-0.25, -0.2) is 4.98 Å². The molecule has 18 heavy (non-hydrogen) atoms. The molecule has 4 nitrogen and oxygen atoms in total. The third-order valence-electron chi connectivity index (χ3n) is 2.18. The molecule has 1 heterocycles. The van der Waals surface area contributed by atoms with E-state index < -0.39 is 0 Å². The predicted octanol–water partition coefficient (Wildman–Crippen LogP) is 3.17. The van der Waals surface area contributed by atoms with Crippen LogP contribution in [0, 0.1) is 3.57 Å². The number of benzene rings is 1. The van der Waals surface area contributed by atoms with Gasteiger partial charge in [-0.15, -0.1) is 0 Å². The van der Waals surface area contributed by atoms with Gasteiger partial charge in [0.25, 0.3) is 5.91 Å². The molecule has 1 amide bonds. The lowest BCUT2D eigenvalue weighted by Crippen LogP contribution is -2.15. The van der Waals surface area contributed by atoms with Gasteiger partial charge in [0.05, 0.1) is 5.02 Å². The Morgan fingerprint density at radius 3 is 2.56 bits per heavy atom. The molecule has 2 aromatic rings. The number of carbonyl (C=O) groups is 1. The van der Waals surface area contributed by atoms with Crippen LogP contribution in [0.3, 0.4) is 0 Å². The minimum absolute atomic E-state index is 0.121. The van der Waals surface area contributed by atoms with Crippen LogP contribution in [0.5, 0.6) is 0 Å². The molecular formula is C12H9ClIN3O. The van der Waals surface area contributed by atoms with Crippen molar-refractivity contribution in [3.05, 3.63) is 50.7 Å². The number of hydrogen-bond acceptors (Lipinski definition) is 3. The molecule has 0 unspecified atom stereocenters. The van der Waals surface area contributed by atoms with Crippen LogP contribution in [-0.2, 0) is 0 Å². The quantitative estimate of drug-likeness (QED) is 0.795. The first kappa shape index (κ1) is 13.1. The molecule has 0 aliphatic heterocycles. The Bertz CT molecular complexity index is 586. The van der Waals surface area contributed by atoms with Gasteiger partial charge in [0.1, 0.15) is 11.5 Å². The van der Waals surface area contributed by atoms with Crippen LogP contribution in [0.2, 0.25) is 5.02 Å². The molecule has 0 bridgehead atoms. The fourth-order valence-electron chi connectivity index (χ4n) is 1.34. The van der Waals surface area contributed by atoms with Gasteiger partial charge in [-0.05, 0) is 59.0 Å². The second-order valence-corrected chi connectivity index (χ2v) is 5.18. The van der Waals surface area contributed by atoms with Crippen molar-refractivity contribution in [2.45, 2.75) is 0 Å². The fraction of sp³-hybridized carbons (Fsp3) is 0. The van der Waals surface area contributed by atoms with E-state index in [1.165, 1.54) is 0 Å². The smallest absolute Gasteiger partial charge is 0.275 e. The monoisotopic (exact) mass is 373 g/mol. The van der Waals surface area contributed by atoms with Crippen molar-refractivity contribution >= 4 is 51.6 Å². The number of carbonyl (C=O) groups excluding carboxylic acids is 1. The number of pyridine rings is 1. The average Bonchev–Trinajstić information content (AvgIpc) is 2.35. The van der Waals surface area contributed by atoms with Crippen molar-refractivity contribution in [2.75, 3.05) is 11.1 Å². The Morgan fingerprint density at radius 2 is 1.89 bits per heavy atom. The number of hydrogen-bond donors (Lipinski definition) is 2. The van der Waals surface area contributed by atoms with E-state index in [1.807, 2.05) is 12.1 Å². The molecule has 92 valence electrons. The summed E-state index contributed by atoms with van der Waals surface area (Å²) in [5.41, 5.74) is 6.33. The highest BCUT2D eigenvalue weighted by Crippen LogP contribution is 2.17. The second kappa shape index (κ2) is 5.53. The van der Waals surface area contributed by atoms with E-state index in [9.17, 15) is 4.79 Å². The lowest BCUT2D eigenvalue weighted by Gasteiger charge is -2.06. The summed E-state index contributed by atoms with van der Waals surface area (Å²) in [6, 6.07) is 10.5. The molecule has 0 saturated heterocycles. The first-order chi connectivity index (χ1) is 8.56. The lowest BCUT2D eigenvalue weighted by atomic mass is 10.3. The van der Waals surface area contributed by atoms with E-state index in [-0.39, 0.29) is 22.4 Å². The summed E-state index contributed by atoms with van der Waals surface area (Å²) in [5, 5.41) is 2.98. The van der Waals surface area contributed by atoms with E-state index in [0.29, 0.717) is 5.69 Å². The standard InChI is InChI=1S/C12H9ClIN3O/c13-9-5-6-10(15)17-11(9)12(18)16-8-3-1-7(14)2-4-8/h1-6H,(H2,15,17)(H,16,18). The van der Waals surface area contributed by atoms with Gasteiger partial charge in [-0.3, -0.25) is 4.79 Å². The molecule has 0 fully saturated rings. The SMILES string of the molecule is Nc1ccc(Cl)c(C(=O)Nc2ccc(I)cc2)n1. The molecule has 1 aromatic carbocycles. The molecule has 0 aliphatic rings. The van der Waals surface area contributed by atoms with Crippen LogP contribution in [0.25, 0.3) is 0 Å². The van der Waals surface area contributed by atoms with Crippen molar-refractivity contribution in [2.24, 2.45) is 0 Å². The van der Waals surface area contributed by atoms with E-state index in [4.69, 9.17) is 17.3 Å². The number of halogens is 2. The number of anilines is 2. The Labute approximate surface area is 123 Å². The zero-order chi connectivity index (χ0) is 13.1. The van der Waals surface area contributed by atoms with Gasteiger partial charge in [0, 0.05) is 9.26 Å². The van der Waals surface area contributed by atoms with Crippen molar-refractivity contribution in [1.82, 2.24) is 4.98 Å². The summed E-state index contributed by atoms with van der Waals surface area (Å²) in [4.78, 5) is 15.9. The summed E-state index contributed by atoms with van der Waals surface area (Å²) in [7, 11) is 0. The summed E-state index contributed by atoms with van der Waals surface area (Å²) >= 11 is 8.09. The number of nitrogens with zero attached hydrogens (tertiary/aromatic N) is 1. The molecule has 6 heteroatoms. The van der Waals surface area contributed by atoms with Crippen LogP contribution in [0.4, 0.5) is 11.5 Å². The third-order valence-corrected chi connectivity index (χ3v) is 3.21. The van der Waals surface area contributed by atoms with E-state index in [0.717, 1.165) is 3.57 Å². The summed E-state index contributed by atoms with van der Waals surface area (Å²) in [5.74, 6) is -0.124.